The summed E-state index contributed by atoms with van der Waals surface area (Å²) in [6.07, 6.45) is 0. The Balaban J connectivity index is 2.21. The molecule has 0 aliphatic rings. The predicted molar refractivity (Wildman–Crippen MR) is 75.6 cm³/mol. The van der Waals surface area contributed by atoms with E-state index in [1.54, 1.807) is 10.9 Å². The maximum atomic E-state index is 13.5. The van der Waals surface area contributed by atoms with E-state index >= 15 is 0 Å². The van der Waals surface area contributed by atoms with Crippen LogP contribution in [-0.4, -0.2) is 14.3 Å². The Hall–Kier alpha value is -2.03. The van der Waals surface area contributed by atoms with Crippen LogP contribution in [0.4, 0.5) is 8.78 Å². The third kappa shape index (κ3) is 3.41. The molecule has 1 amide bonds. The second kappa shape index (κ2) is 6.39. The second-order valence-corrected chi connectivity index (χ2v) is 6.12. The van der Waals surface area contributed by atoms with E-state index in [9.17, 15) is 22.0 Å². The van der Waals surface area contributed by atoms with Gasteiger partial charge >= 0.3 is 0 Å². The molecule has 2 rings (SSSR count). The molecule has 0 saturated carbocycles. The zero-order valence-electron chi connectivity index (χ0n) is 10.8. The average Bonchev–Trinajstić information content (AvgIpc) is 2.45. The van der Waals surface area contributed by atoms with Crippen molar-refractivity contribution in [3.05, 3.63) is 64.7 Å². The summed E-state index contributed by atoms with van der Waals surface area (Å²) in [5.74, 6) is -3.43. The summed E-state index contributed by atoms with van der Waals surface area (Å²) in [4.78, 5) is 12.2. The summed E-state index contributed by atoms with van der Waals surface area (Å²) in [7, 11) is -4.61. The molecule has 0 spiro atoms. The van der Waals surface area contributed by atoms with E-state index in [0.717, 1.165) is 18.2 Å². The van der Waals surface area contributed by atoms with Gasteiger partial charge in [-0.2, -0.15) is 0 Å². The molecule has 0 saturated heterocycles. The number of hydrogen-bond acceptors (Lipinski definition) is 3. The van der Waals surface area contributed by atoms with Gasteiger partial charge in [0, 0.05) is 0 Å². The lowest BCUT2D eigenvalue weighted by atomic mass is 10.2. The quantitative estimate of drug-likeness (QED) is 0.834. The Kier molecular flexibility index (Phi) is 4.74. The van der Waals surface area contributed by atoms with Crippen LogP contribution in [-0.2, 0) is 10.0 Å². The van der Waals surface area contributed by atoms with Gasteiger partial charge in [-0.1, -0.05) is 29.8 Å². The van der Waals surface area contributed by atoms with Gasteiger partial charge in [0.15, 0.2) is 4.90 Å². The monoisotopic (exact) mass is 346 g/mol. The molecule has 0 aliphatic carbocycles. The minimum absolute atomic E-state index is 0.000808. The van der Waals surface area contributed by atoms with Crippen LogP contribution in [0.2, 0.25) is 5.02 Å². The van der Waals surface area contributed by atoms with Gasteiger partial charge in [-0.3, -0.25) is 10.2 Å². The first-order chi connectivity index (χ1) is 10.3. The van der Waals surface area contributed by atoms with Crippen LogP contribution < -0.4 is 10.3 Å². The summed E-state index contributed by atoms with van der Waals surface area (Å²) in [6.45, 7) is 0. The Morgan fingerprint density at radius 1 is 1.00 bits per heavy atom. The third-order valence-corrected chi connectivity index (χ3v) is 4.23. The zero-order chi connectivity index (χ0) is 16.3. The molecule has 0 heterocycles. The molecular formula is C13H9ClF2N2O3S. The molecule has 2 N–H and O–H groups in total. The maximum Gasteiger partial charge on any atom is 0.267 e. The van der Waals surface area contributed by atoms with Crippen molar-refractivity contribution < 1.29 is 22.0 Å². The highest BCUT2D eigenvalue weighted by Crippen LogP contribution is 2.18. The predicted octanol–water partition coefficient (Wildman–Crippen LogP) is 2.24. The molecule has 0 fully saturated rings. The Morgan fingerprint density at radius 3 is 2.18 bits per heavy atom. The van der Waals surface area contributed by atoms with Crippen molar-refractivity contribution in [1.29, 1.82) is 0 Å². The van der Waals surface area contributed by atoms with E-state index in [0.29, 0.717) is 0 Å². The normalized spacial score (nSPS) is 11.2. The van der Waals surface area contributed by atoms with Gasteiger partial charge < -0.3 is 0 Å². The van der Waals surface area contributed by atoms with E-state index in [4.69, 9.17) is 11.6 Å². The molecule has 2 aromatic rings. The number of carbonyl (C=O) groups is 1. The number of rotatable bonds is 4. The van der Waals surface area contributed by atoms with Crippen LogP contribution in [0.15, 0.2) is 47.4 Å². The highest BCUT2D eigenvalue weighted by atomic mass is 35.5. The summed E-state index contributed by atoms with van der Waals surface area (Å²) in [5, 5.41) is 0.0938. The fraction of sp³-hybridized carbons (Fsp3) is 0. The van der Waals surface area contributed by atoms with Crippen LogP contribution in [0.25, 0.3) is 0 Å². The summed E-state index contributed by atoms with van der Waals surface area (Å²) in [6, 6.07) is 8.48. The van der Waals surface area contributed by atoms with Gasteiger partial charge in [-0.15, -0.1) is 4.83 Å². The minimum Gasteiger partial charge on any atom is -0.273 e. The number of sulfonamides is 1. The van der Waals surface area contributed by atoms with Crippen LogP contribution in [0.5, 0.6) is 0 Å². The third-order valence-electron chi connectivity index (χ3n) is 2.61. The molecule has 0 radical (unpaired) electrons. The van der Waals surface area contributed by atoms with Crippen LogP contribution in [0, 0.1) is 11.6 Å². The van der Waals surface area contributed by atoms with Crippen molar-refractivity contribution in [1.82, 2.24) is 10.3 Å². The van der Waals surface area contributed by atoms with E-state index in [2.05, 4.69) is 0 Å². The van der Waals surface area contributed by atoms with E-state index < -0.39 is 32.5 Å². The first-order valence-corrected chi connectivity index (χ1v) is 7.70. The largest absolute Gasteiger partial charge is 0.273 e. The molecule has 0 atom stereocenters. The fourth-order valence-corrected chi connectivity index (χ4v) is 2.82. The summed E-state index contributed by atoms with van der Waals surface area (Å²) < 4.78 is 50.6. The Labute approximate surface area is 129 Å². The Morgan fingerprint density at radius 2 is 1.59 bits per heavy atom. The SMILES string of the molecule is O=C(NNS(=O)(=O)c1c(F)cccc1F)c1ccccc1Cl. The molecule has 0 bridgehead atoms. The van der Waals surface area contributed by atoms with Gasteiger partial charge in [0.25, 0.3) is 15.9 Å². The van der Waals surface area contributed by atoms with Gasteiger partial charge in [0.2, 0.25) is 0 Å². The Bertz CT molecular complexity index is 808. The lowest BCUT2D eigenvalue weighted by Crippen LogP contribution is -2.42. The first-order valence-electron chi connectivity index (χ1n) is 5.83. The minimum atomic E-state index is -4.61. The van der Waals surface area contributed by atoms with Gasteiger partial charge in [0.05, 0.1) is 10.6 Å². The van der Waals surface area contributed by atoms with Crippen molar-refractivity contribution in [3.8, 4) is 0 Å². The molecular weight excluding hydrogens is 338 g/mol. The van der Waals surface area contributed by atoms with Crippen LogP contribution >= 0.6 is 11.6 Å². The molecule has 0 aliphatic heterocycles. The maximum absolute atomic E-state index is 13.5. The molecule has 116 valence electrons. The highest BCUT2D eigenvalue weighted by Gasteiger charge is 2.24. The number of carbonyl (C=O) groups excluding carboxylic acids is 1. The first kappa shape index (κ1) is 16.3. The fourth-order valence-electron chi connectivity index (χ4n) is 1.62. The van der Waals surface area contributed by atoms with Crippen molar-refractivity contribution in [2.75, 3.05) is 0 Å². The number of nitrogens with one attached hydrogen (secondary N) is 2. The number of hydrogen-bond donors (Lipinski definition) is 2. The van der Waals surface area contributed by atoms with E-state index in [1.165, 1.54) is 18.2 Å². The molecule has 5 nitrogen and oxygen atoms in total. The molecule has 2 aromatic carbocycles. The van der Waals surface area contributed by atoms with Gasteiger partial charge in [0.1, 0.15) is 11.6 Å². The highest BCUT2D eigenvalue weighted by molar-refractivity contribution is 7.89. The molecule has 0 unspecified atom stereocenters. The standard InChI is InChI=1S/C13H9ClF2N2O3S/c14-9-5-2-1-4-8(9)13(19)17-18-22(20,21)12-10(15)6-3-7-11(12)16/h1-7,18H,(H,17,19). The molecule has 0 aromatic heterocycles. The summed E-state index contributed by atoms with van der Waals surface area (Å²) >= 11 is 5.78. The number of hydrazine groups is 1. The second-order valence-electron chi connectivity index (χ2n) is 4.09. The van der Waals surface area contributed by atoms with Crippen molar-refractivity contribution in [2.45, 2.75) is 4.90 Å². The zero-order valence-corrected chi connectivity index (χ0v) is 12.4. The number of halogens is 3. The van der Waals surface area contributed by atoms with E-state index in [1.807, 2.05) is 5.43 Å². The molecule has 22 heavy (non-hydrogen) atoms. The average molecular weight is 347 g/mol. The summed E-state index contributed by atoms with van der Waals surface area (Å²) in [5.41, 5.74) is 1.84. The lowest BCUT2D eigenvalue weighted by Gasteiger charge is -2.10. The van der Waals surface area contributed by atoms with Crippen LogP contribution in [0.3, 0.4) is 0 Å². The topological polar surface area (TPSA) is 75.3 Å². The van der Waals surface area contributed by atoms with E-state index in [-0.39, 0.29) is 10.6 Å². The van der Waals surface area contributed by atoms with Crippen LogP contribution in [0.1, 0.15) is 10.4 Å². The smallest absolute Gasteiger partial charge is 0.267 e. The van der Waals surface area contributed by atoms with Crippen molar-refractivity contribution in [2.24, 2.45) is 0 Å². The number of benzene rings is 2. The molecule has 9 heteroatoms. The lowest BCUT2D eigenvalue weighted by molar-refractivity contribution is 0.0945. The number of amides is 1. The van der Waals surface area contributed by atoms with Gasteiger partial charge in [-0.05, 0) is 24.3 Å². The van der Waals surface area contributed by atoms with Gasteiger partial charge in [-0.25, -0.2) is 17.2 Å². The van der Waals surface area contributed by atoms with Crippen molar-refractivity contribution >= 4 is 27.5 Å². The van der Waals surface area contributed by atoms with Crippen molar-refractivity contribution in [3.63, 3.8) is 0 Å².